The molecule has 0 aromatic carbocycles. The smallest absolute Gasteiger partial charge is 4.00 e. The van der Waals surface area contributed by atoms with E-state index in [1.54, 1.807) is 0 Å². The van der Waals surface area contributed by atoms with E-state index in [2.05, 4.69) is 109 Å². The Kier molecular flexibility index (Phi) is 22.1. The Balaban J connectivity index is 0.000000542. The number of allylic oxidation sites excluding steroid dienone is 8. The van der Waals surface area contributed by atoms with E-state index in [0.29, 0.717) is 10.8 Å². The first-order valence-electron chi connectivity index (χ1n) is 23.5. The number of halogens is 2. The quantitative estimate of drug-likeness (QED) is 0.198. The normalized spacial score (nSPS) is 31.6. The van der Waals surface area contributed by atoms with Crippen molar-refractivity contribution in [2.24, 2.45) is 46.3 Å². The third kappa shape index (κ3) is 12.9. The summed E-state index contributed by atoms with van der Waals surface area (Å²) in [5.74, 6) is 5.02. The molecule has 62 heavy (non-hydrogen) atoms. The van der Waals surface area contributed by atoms with Gasteiger partial charge in [-0.1, -0.05) is 159 Å². The van der Waals surface area contributed by atoms with Gasteiger partial charge in [-0.15, -0.1) is 11.1 Å². The molecule has 354 valence electrons. The second-order valence-electron chi connectivity index (χ2n) is 25.2. The summed E-state index contributed by atoms with van der Waals surface area (Å²) in [6.45, 7) is 39.4. The second-order valence-corrected chi connectivity index (χ2v) is 36.1. The van der Waals surface area contributed by atoms with E-state index in [1.807, 2.05) is 44.6 Å². The average Bonchev–Trinajstić information content (AvgIpc) is 3.78. The number of fused-ring (bicyclic) bond motifs is 8. The Morgan fingerprint density at radius 2 is 0.806 bits per heavy atom. The molecule has 8 aliphatic rings. The van der Waals surface area contributed by atoms with Crippen molar-refractivity contribution in [1.82, 2.24) is 0 Å². The summed E-state index contributed by atoms with van der Waals surface area (Å²) in [6.07, 6.45) is 19.5. The number of hydrogen-bond donors (Lipinski definition) is 0. The number of rotatable bonds is 4. The van der Waals surface area contributed by atoms with E-state index >= 15 is 0 Å². The standard InChI is InChI=1S/2C25H42NSi.4CH3.2ClH.2Ti/c2*1-16-13-19-17-11-9-10-12-18(17)20-14-25(5,6)15-21(20)22(19)23(16)27(7,8)26-24(2,3)4;;;;;;;;/h2*16,19,22-23H,9-15H2,1-8H3;4*1H3;2*1H;;/q6*-1;;;+2;+4/p-2. The minimum Gasteiger partial charge on any atom is 4.00 e. The van der Waals surface area contributed by atoms with E-state index in [-0.39, 0.29) is 62.5 Å². The van der Waals surface area contributed by atoms with Gasteiger partial charge in [0.1, 0.15) is 0 Å². The Labute approximate surface area is 422 Å². The summed E-state index contributed by atoms with van der Waals surface area (Å²) in [6, 6.07) is 0. The van der Waals surface area contributed by atoms with Crippen LogP contribution in [0.25, 0.3) is 9.96 Å². The molecule has 0 amide bonds. The molecule has 2 nitrogen and oxygen atoms in total. The van der Waals surface area contributed by atoms with Gasteiger partial charge in [0.2, 0.25) is 0 Å². The summed E-state index contributed by atoms with van der Waals surface area (Å²) >= 11 is -0.556. The van der Waals surface area contributed by atoms with Crippen molar-refractivity contribution in [3.8, 4) is 0 Å². The summed E-state index contributed by atoms with van der Waals surface area (Å²) < 4.78 is 0. The van der Waals surface area contributed by atoms with Crippen molar-refractivity contribution < 1.29 is 38.7 Å². The summed E-state index contributed by atoms with van der Waals surface area (Å²) in [7, 11) is 6.43. The molecule has 0 heterocycles. The molecule has 0 aromatic heterocycles. The molecule has 8 heteroatoms. The van der Waals surface area contributed by atoms with Gasteiger partial charge in [-0.2, -0.15) is 0 Å². The fraction of sp³-hybridized carbons (Fsp3) is 0.778. The Hall–Kier alpha value is 1.32. The molecule has 2 fully saturated rings. The van der Waals surface area contributed by atoms with Crippen molar-refractivity contribution in [3.05, 3.63) is 84.3 Å². The van der Waals surface area contributed by atoms with E-state index < -0.39 is 33.5 Å². The number of hydrogen-bond acceptors (Lipinski definition) is 0. The zero-order chi connectivity index (χ0) is 42.3. The maximum Gasteiger partial charge on any atom is 4.00 e. The zero-order valence-corrected chi connectivity index (χ0v) is 50.8. The summed E-state index contributed by atoms with van der Waals surface area (Å²) in [5.41, 5.74) is 17.8. The molecule has 0 radical (unpaired) electrons. The first-order valence-corrected chi connectivity index (χ1v) is 33.9. The predicted molar refractivity (Wildman–Crippen MR) is 279 cm³/mol. The molecule has 2 saturated carbocycles. The fourth-order valence-electron chi connectivity index (χ4n) is 15.5. The molecule has 0 bridgehead atoms. The third-order valence-corrected chi connectivity index (χ3v) is 23.5. The summed E-state index contributed by atoms with van der Waals surface area (Å²) in [5, 5.41) is 0. The van der Waals surface area contributed by atoms with Gasteiger partial charge in [0.15, 0.2) is 0 Å². The predicted octanol–water partition coefficient (Wildman–Crippen LogP) is 19.2. The van der Waals surface area contributed by atoms with E-state index in [0.717, 1.165) is 46.6 Å². The third-order valence-electron chi connectivity index (χ3n) is 15.9. The maximum absolute atomic E-state index is 5.52. The fourth-order valence-corrected chi connectivity index (χ4v) is 25.0. The molecular weight excluding hydrogens is 899 g/mol. The van der Waals surface area contributed by atoms with Crippen LogP contribution in [0.1, 0.15) is 173 Å². The van der Waals surface area contributed by atoms with Gasteiger partial charge in [0.25, 0.3) is 0 Å². The molecular formula is C54H96Cl2N2Si2Ti2-2. The molecule has 8 unspecified atom stereocenters. The van der Waals surface area contributed by atoms with Gasteiger partial charge >= 0.3 is 57.4 Å². The van der Waals surface area contributed by atoms with Gasteiger partial charge in [0.05, 0.1) is 0 Å². The molecule has 0 N–H and O–H groups in total. The maximum atomic E-state index is 5.52. The Bertz CT molecular complexity index is 1540. The molecule has 0 spiro atoms. The van der Waals surface area contributed by atoms with Crippen molar-refractivity contribution in [3.63, 3.8) is 0 Å². The van der Waals surface area contributed by atoms with Crippen LogP contribution in [-0.2, 0) is 38.7 Å². The molecule has 8 atom stereocenters. The van der Waals surface area contributed by atoms with Crippen LogP contribution in [0.2, 0.25) is 37.3 Å². The monoisotopic (exact) mass is 995 g/mol. The largest absolute Gasteiger partial charge is 4.00 e. The van der Waals surface area contributed by atoms with Crippen molar-refractivity contribution in [2.45, 2.75) is 221 Å². The van der Waals surface area contributed by atoms with Crippen LogP contribution in [0.3, 0.4) is 0 Å². The van der Waals surface area contributed by atoms with E-state index in [1.165, 1.54) is 89.9 Å². The molecule has 8 rings (SSSR count). The zero-order valence-electron chi connectivity index (χ0n) is 44.2. The number of nitrogens with zero attached hydrogens (tertiary/aromatic N) is 2. The SMILES string of the molecule is CC1CC2C3=C(CCCC3)C3=C(CC(C)(C)C3)C2C1[Si](C)(C)[N-]C(C)(C)C.CC1CC2C3=C(CCCC3)C3=C(CC(C)(C)C3)C2C1[Si](C)(C)[N-]C(C)(C)C.[CH3-].[CH3-].[CH3-].[CH3-].[Cl][Ti][Cl].[Ti+4]. The van der Waals surface area contributed by atoms with Crippen molar-refractivity contribution in [1.29, 1.82) is 0 Å². The van der Waals surface area contributed by atoms with Crippen LogP contribution in [0.4, 0.5) is 0 Å². The molecule has 0 aliphatic heterocycles. The van der Waals surface area contributed by atoms with Crippen molar-refractivity contribution in [2.75, 3.05) is 0 Å². The topological polar surface area (TPSA) is 28.2 Å². The minimum absolute atomic E-state index is 0. The van der Waals surface area contributed by atoms with Crippen LogP contribution in [-0.4, -0.2) is 27.5 Å². The van der Waals surface area contributed by atoms with Gasteiger partial charge in [0, 0.05) is 0 Å². The molecule has 0 aromatic rings. The Morgan fingerprint density at radius 3 is 1.10 bits per heavy atom. The summed E-state index contributed by atoms with van der Waals surface area (Å²) in [4.78, 5) is 11.0. The average molecular weight is 996 g/mol. The van der Waals surface area contributed by atoms with Crippen LogP contribution >= 0.6 is 18.6 Å². The first-order chi connectivity index (χ1) is 26.2. The molecule has 0 saturated heterocycles. The van der Waals surface area contributed by atoms with Gasteiger partial charge in [-0.3, -0.25) is 0 Å². The van der Waals surface area contributed by atoms with E-state index in [4.69, 9.17) is 28.6 Å². The molecule has 8 aliphatic carbocycles. The first kappa shape index (κ1) is 61.3. The second kappa shape index (κ2) is 22.4. The Morgan fingerprint density at radius 1 is 0.516 bits per heavy atom. The minimum atomic E-state index is -1.67. The van der Waals surface area contributed by atoms with Crippen LogP contribution < -0.4 is 0 Å². The van der Waals surface area contributed by atoms with Gasteiger partial charge in [-0.05, 0) is 159 Å². The van der Waals surface area contributed by atoms with Gasteiger partial charge in [-0.25, -0.2) is 0 Å². The van der Waals surface area contributed by atoms with Crippen LogP contribution in [0.15, 0.2) is 44.6 Å². The van der Waals surface area contributed by atoms with Crippen LogP contribution in [0.5, 0.6) is 0 Å². The van der Waals surface area contributed by atoms with E-state index in [9.17, 15) is 0 Å². The van der Waals surface area contributed by atoms with Crippen LogP contribution in [0, 0.1) is 76.0 Å². The van der Waals surface area contributed by atoms with Crippen molar-refractivity contribution >= 4 is 35.1 Å². The van der Waals surface area contributed by atoms with Gasteiger partial charge < -0.3 is 39.7 Å².